The highest BCUT2D eigenvalue weighted by atomic mass is 79.9. The van der Waals surface area contributed by atoms with Gasteiger partial charge < -0.3 is 4.42 Å². The average Bonchev–Trinajstić information content (AvgIpc) is 2.92. The van der Waals surface area contributed by atoms with Crippen molar-refractivity contribution in [2.24, 2.45) is 0 Å². The summed E-state index contributed by atoms with van der Waals surface area (Å²) in [6.45, 7) is 0. The molecule has 1 aromatic heterocycles. The SMILES string of the molecule is Fc1cc(-c2nnc(-c3ccccc3Br)o2)c(Cl)cc1Cl. The molecule has 0 N–H and O–H groups in total. The van der Waals surface area contributed by atoms with Gasteiger partial charge in [-0.05, 0) is 40.2 Å². The molecular weight excluding hydrogens is 382 g/mol. The maximum absolute atomic E-state index is 13.6. The third-order valence-electron chi connectivity index (χ3n) is 2.77. The van der Waals surface area contributed by atoms with Crippen LogP contribution >= 0.6 is 39.1 Å². The molecule has 21 heavy (non-hydrogen) atoms. The van der Waals surface area contributed by atoms with Crippen LogP contribution in [0, 0.1) is 5.82 Å². The van der Waals surface area contributed by atoms with E-state index in [2.05, 4.69) is 26.1 Å². The molecule has 0 bridgehead atoms. The first kappa shape index (κ1) is 14.5. The van der Waals surface area contributed by atoms with Crippen LogP contribution in [0.5, 0.6) is 0 Å². The van der Waals surface area contributed by atoms with Gasteiger partial charge in [0.1, 0.15) is 5.82 Å². The Morgan fingerprint density at radius 3 is 2.33 bits per heavy atom. The summed E-state index contributed by atoms with van der Waals surface area (Å²) in [7, 11) is 0. The highest BCUT2D eigenvalue weighted by molar-refractivity contribution is 9.10. The standard InChI is InChI=1S/C14H6BrCl2FN2O/c15-9-4-2-1-3-7(9)13-19-20-14(21-13)8-5-12(18)11(17)6-10(8)16/h1-6H. The molecule has 0 saturated heterocycles. The van der Waals surface area contributed by atoms with E-state index in [4.69, 9.17) is 27.6 Å². The van der Waals surface area contributed by atoms with Crippen LogP contribution in [0.15, 0.2) is 45.3 Å². The van der Waals surface area contributed by atoms with Gasteiger partial charge in [0.15, 0.2) is 0 Å². The number of hydrogen-bond donors (Lipinski definition) is 0. The average molecular weight is 388 g/mol. The minimum atomic E-state index is -0.600. The molecule has 0 atom stereocenters. The Morgan fingerprint density at radius 2 is 1.62 bits per heavy atom. The van der Waals surface area contributed by atoms with Crippen molar-refractivity contribution in [3.05, 3.63) is 56.7 Å². The van der Waals surface area contributed by atoms with Crippen LogP contribution < -0.4 is 0 Å². The summed E-state index contributed by atoms with van der Waals surface area (Å²) in [6, 6.07) is 9.87. The van der Waals surface area contributed by atoms with Gasteiger partial charge in [-0.15, -0.1) is 10.2 Å². The Hall–Kier alpha value is -1.43. The van der Waals surface area contributed by atoms with Gasteiger partial charge in [0, 0.05) is 4.47 Å². The molecule has 1 heterocycles. The topological polar surface area (TPSA) is 38.9 Å². The summed E-state index contributed by atoms with van der Waals surface area (Å²) in [5, 5.41) is 8.04. The third-order valence-corrected chi connectivity index (χ3v) is 4.06. The minimum absolute atomic E-state index is 0.0608. The van der Waals surface area contributed by atoms with Gasteiger partial charge in [-0.2, -0.15) is 0 Å². The third kappa shape index (κ3) is 2.81. The van der Waals surface area contributed by atoms with E-state index in [0.29, 0.717) is 11.5 Å². The van der Waals surface area contributed by atoms with Crippen LogP contribution in [0.3, 0.4) is 0 Å². The summed E-state index contributed by atoms with van der Waals surface area (Å²) in [5.74, 6) is -0.165. The summed E-state index contributed by atoms with van der Waals surface area (Å²) in [4.78, 5) is 0. The van der Waals surface area contributed by atoms with Gasteiger partial charge in [-0.1, -0.05) is 35.3 Å². The van der Waals surface area contributed by atoms with Crippen molar-refractivity contribution in [2.75, 3.05) is 0 Å². The smallest absolute Gasteiger partial charge is 0.249 e. The molecule has 106 valence electrons. The molecule has 0 aliphatic rings. The van der Waals surface area contributed by atoms with Crippen LogP contribution in [-0.2, 0) is 0 Å². The molecule has 0 radical (unpaired) electrons. The zero-order valence-electron chi connectivity index (χ0n) is 10.3. The lowest BCUT2D eigenvalue weighted by Crippen LogP contribution is -1.84. The summed E-state index contributed by atoms with van der Waals surface area (Å²) in [6.07, 6.45) is 0. The Morgan fingerprint density at radius 1 is 0.952 bits per heavy atom. The van der Waals surface area contributed by atoms with Crippen molar-refractivity contribution in [2.45, 2.75) is 0 Å². The maximum Gasteiger partial charge on any atom is 0.249 e. The van der Waals surface area contributed by atoms with Gasteiger partial charge >= 0.3 is 0 Å². The molecule has 3 nitrogen and oxygen atoms in total. The quantitative estimate of drug-likeness (QED) is 0.536. The molecule has 3 aromatic rings. The monoisotopic (exact) mass is 386 g/mol. The molecule has 0 aliphatic heterocycles. The lowest BCUT2D eigenvalue weighted by molar-refractivity contribution is 0.581. The predicted octanol–water partition coefficient (Wildman–Crippen LogP) is 5.61. The molecule has 7 heteroatoms. The molecule has 0 fully saturated rings. The molecule has 0 aliphatic carbocycles. The largest absolute Gasteiger partial charge is 0.416 e. The maximum atomic E-state index is 13.6. The van der Waals surface area contributed by atoms with Crippen molar-refractivity contribution in [3.8, 4) is 22.9 Å². The zero-order chi connectivity index (χ0) is 15.0. The fourth-order valence-corrected chi connectivity index (χ4v) is 2.68. The Balaban J connectivity index is 2.07. The van der Waals surface area contributed by atoms with Crippen molar-refractivity contribution in [1.29, 1.82) is 0 Å². The molecule has 2 aromatic carbocycles. The molecule has 0 amide bonds. The normalized spacial score (nSPS) is 10.9. The van der Waals surface area contributed by atoms with Crippen molar-refractivity contribution in [3.63, 3.8) is 0 Å². The van der Waals surface area contributed by atoms with E-state index in [1.807, 2.05) is 24.3 Å². The first-order valence-electron chi connectivity index (χ1n) is 5.79. The summed E-state index contributed by atoms with van der Waals surface area (Å²) < 4.78 is 19.9. The fraction of sp³-hybridized carbons (Fsp3) is 0. The number of hydrogen-bond acceptors (Lipinski definition) is 3. The second-order valence-corrected chi connectivity index (χ2v) is 5.81. The molecule has 0 saturated carbocycles. The lowest BCUT2D eigenvalue weighted by atomic mass is 10.2. The van der Waals surface area contributed by atoms with Gasteiger partial charge in [-0.25, -0.2) is 4.39 Å². The van der Waals surface area contributed by atoms with E-state index in [-0.39, 0.29) is 15.9 Å². The van der Waals surface area contributed by atoms with Crippen molar-refractivity contribution < 1.29 is 8.81 Å². The predicted molar refractivity (Wildman–Crippen MR) is 82.8 cm³/mol. The van der Waals surface area contributed by atoms with Gasteiger partial charge in [0.25, 0.3) is 0 Å². The number of benzene rings is 2. The Labute approximate surface area is 137 Å². The summed E-state index contributed by atoms with van der Waals surface area (Å²) in [5.41, 5.74) is 1.03. The second kappa shape index (κ2) is 5.75. The number of halogens is 4. The van der Waals surface area contributed by atoms with Gasteiger partial charge in [-0.3, -0.25) is 0 Å². The lowest BCUT2D eigenvalue weighted by Gasteiger charge is -2.01. The number of aromatic nitrogens is 2. The molecular formula is C14H6BrCl2FN2O. The molecule has 3 rings (SSSR count). The van der Waals surface area contributed by atoms with E-state index < -0.39 is 5.82 Å². The number of nitrogens with zero attached hydrogens (tertiary/aromatic N) is 2. The second-order valence-electron chi connectivity index (χ2n) is 4.14. The minimum Gasteiger partial charge on any atom is -0.416 e. The Kier molecular flexibility index (Phi) is 3.97. The zero-order valence-corrected chi connectivity index (χ0v) is 13.4. The first-order chi connectivity index (χ1) is 10.1. The van der Waals surface area contributed by atoms with Gasteiger partial charge in [0.2, 0.25) is 11.8 Å². The van der Waals surface area contributed by atoms with Gasteiger partial charge in [0.05, 0.1) is 21.2 Å². The van der Waals surface area contributed by atoms with Crippen LogP contribution in [0.2, 0.25) is 10.0 Å². The summed E-state index contributed by atoms with van der Waals surface area (Å²) >= 11 is 15.1. The van der Waals surface area contributed by atoms with Crippen LogP contribution in [0.25, 0.3) is 22.9 Å². The van der Waals surface area contributed by atoms with E-state index in [1.165, 1.54) is 12.1 Å². The fourth-order valence-electron chi connectivity index (χ4n) is 1.76. The van der Waals surface area contributed by atoms with Crippen molar-refractivity contribution in [1.82, 2.24) is 10.2 Å². The van der Waals surface area contributed by atoms with Crippen LogP contribution in [0.1, 0.15) is 0 Å². The van der Waals surface area contributed by atoms with Crippen LogP contribution in [-0.4, -0.2) is 10.2 Å². The van der Waals surface area contributed by atoms with Crippen molar-refractivity contribution >= 4 is 39.1 Å². The molecule has 0 unspecified atom stereocenters. The highest BCUT2D eigenvalue weighted by Crippen LogP contribution is 2.34. The van der Waals surface area contributed by atoms with E-state index >= 15 is 0 Å². The Bertz CT molecular complexity index is 822. The molecule has 0 spiro atoms. The number of rotatable bonds is 2. The van der Waals surface area contributed by atoms with E-state index in [0.717, 1.165) is 10.0 Å². The first-order valence-corrected chi connectivity index (χ1v) is 7.34. The van der Waals surface area contributed by atoms with E-state index in [9.17, 15) is 4.39 Å². The van der Waals surface area contributed by atoms with Crippen LogP contribution in [0.4, 0.5) is 4.39 Å². The highest BCUT2D eigenvalue weighted by Gasteiger charge is 2.17. The van der Waals surface area contributed by atoms with E-state index in [1.54, 1.807) is 0 Å².